The van der Waals surface area contributed by atoms with Gasteiger partial charge in [0, 0.05) is 30.1 Å². The van der Waals surface area contributed by atoms with Crippen LogP contribution in [0.3, 0.4) is 0 Å². The number of hydrogen-bond donors (Lipinski definition) is 3. The van der Waals surface area contributed by atoms with Gasteiger partial charge in [-0.15, -0.1) is 0 Å². The molecule has 0 aromatic carbocycles. The predicted molar refractivity (Wildman–Crippen MR) is 105 cm³/mol. The molecule has 2 atom stereocenters. The lowest BCUT2D eigenvalue weighted by molar-refractivity contribution is -0.160. The van der Waals surface area contributed by atoms with Gasteiger partial charge in [0.05, 0.1) is 17.9 Å². The minimum absolute atomic E-state index is 0.0989. The van der Waals surface area contributed by atoms with Crippen LogP contribution in [0.2, 0.25) is 0 Å². The van der Waals surface area contributed by atoms with Crippen molar-refractivity contribution in [1.82, 2.24) is 4.98 Å². The summed E-state index contributed by atoms with van der Waals surface area (Å²) in [5, 5.41) is 20.1. The van der Waals surface area contributed by atoms with Crippen molar-refractivity contribution in [3.8, 4) is 5.75 Å². The van der Waals surface area contributed by atoms with Crippen LogP contribution in [0.25, 0.3) is 0 Å². The molecule has 0 radical (unpaired) electrons. The van der Waals surface area contributed by atoms with Crippen molar-refractivity contribution in [2.24, 2.45) is 11.7 Å². The number of carbonyl (C=O) groups is 1. The number of nitrogens with two attached hydrogens (primary N) is 1. The number of nitrogens with zero attached hydrogens (tertiary/aromatic N) is 1. The van der Waals surface area contributed by atoms with E-state index < -0.39 is 39.6 Å². The van der Waals surface area contributed by atoms with Gasteiger partial charge in [0.1, 0.15) is 5.75 Å². The summed E-state index contributed by atoms with van der Waals surface area (Å²) in [6.45, 7) is 3.66. The van der Waals surface area contributed by atoms with Crippen LogP contribution in [-0.4, -0.2) is 58.8 Å². The number of hydrogen-bond acceptors (Lipinski definition) is 7. The van der Waals surface area contributed by atoms with Gasteiger partial charge in [0.25, 0.3) is 0 Å². The zero-order valence-electron chi connectivity index (χ0n) is 16.4. The summed E-state index contributed by atoms with van der Waals surface area (Å²) in [5.41, 5.74) is 3.62. The molecule has 1 saturated carbocycles. The van der Waals surface area contributed by atoms with Crippen LogP contribution in [0.1, 0.15) is 45.2 Å². The highest BCUT2D eigenvalue weighted by molar-refractivity contribution is 7.91. The molecule has 1 aromatic rings. The summed E-state index contributed by atoms with van der Waals surface area (Å²) in [4.78, 5) is 15.8. The van der Waals surface area contributed by atoms with E-state index in [-0.39, 0.29) is 17.6 Å². The van der Waals surface area contributed by atoms with Crippen molar-refractivity contribution in [2.45, 2.75) is 63.7 Å². The van der Waals surface area contributed by atoms with Gasteiger partial charge in [0.15, 0.2) is 15.4 Å². The van der Waals surface area contributed by atoms with Crippen LogP contribution in [0.15, 0.2) is 18.3 Å². The maximum Gasteiger partial charge on any atom is 0.337 e. The summed E-state index contributed by atoms with van der Waals surface area (Å²) in [6.07, 6.45) is 5.27. The van der Waals surface area contributed by atoms with Gasteiger partial charge in [0.2, 0.25) is 0 Å². The van der Waals surface area contributed by atoms with E-state index in [0.29, 0.717) is 11.7 Å². The first-order chi connectivity index (χ1) is 13.1. The minimum Gasteiger partial charge on any atom is -0.490 e. The third-order valence-corrected chi connectivity index (χ3v) is 7.11. The van der Waals surface area contributed by atoms with Gasteiger partial charge in [-0.05, 0) is 37.7 Å². The maximum absolute atomic E-state index is 11.8. The van der Waals surface area contributed by atoms with E-state index in [1.54, 1.807) is 12.1 Å². The van der Waals surface area contributed by atoms with Crippen LogP contribution >= 0.6 is 0 Å². The van der Waals surface area contributed by atoms with Gasteiger partial charge in [-0.3, -0.25) is 4.98 Å². The molecule has 0 spiro atoms. The monoisotopic (exact) mass is 414 g/mol. The standard InChI is InChI=1S/C19H30N2O6S/c1-3-28(25,26)12-17(20)19(24,18(22)23)11-14-10-16(8-9-21-14)27-15-6-4-13(2)5-7-15/h8-10,13,15,17,24H,3-7,11-12,20H2,1-2H3,(H,22,23)/t13-,15-,17-,19+/m0/s1. The summed E-state index contributed by atoms with van der Waals surface area (Å²) < 4.78 is 29.6. The van der Waals surface area contributed by atoms with Crippen molar-refractivity contribution in [3.63, 3.8) is 0 Å². The molecule has 158 valence electrons. The Balaban J connectivity index is 2.13. The number of aliphatic hydroxyl groups is 1. The third kappa shape index (κ3) is 5.89. The second-order valence-electron chi connectivity index (χ2n) is 7.69. The molecule has 2 rings (SSSR count). The zero-order chi connectivity index (χ0) is 20.9. The largest absolute Gasteiger partial charge is 0.490 e. The fourth-order valence-corrected chi connectivity index (χ4v) is 4.40. The Morgan fingerprint density at radius 2 is 2.04 bits per heavy atom. The molecule has 1 heterocycles. The second kappa shape index (κ2) is 9.19. The molecule has 9 heteroatoms. The maximum atomic E-state index is 11.8. The van der Waals surface area contributed by atoms with Crippen LogP contribution in [0.4, 0.5) is 0 Å². The first-order valence-electron chi connectivity index (χ1n) is 9.59. The SMILES string of the molecule is CCS(=O)(=O)C[C@H](N)[C@](O)(Cc1cc(O[C@H]2CC[C@H](C)CC2)ccn1)C(=O)O. The molecule has 0 aliphatic heterocycles. The Hall–Kier alpha value is -1.71. The lowest BCUT2D eigenvalue weighted by atomic mass is 9.89. The second-order valence-corrected chi connectivity index (χ2v) is 10.1. The highest BCUT2D eigenvalue weighted by atomic mass is 32.2. The fraction of sp³-hybridized carbons (Fsp3) is 0.684. The number of carboxylic acids is 1. The molecule has 0 saturated heterocycles. The zero-order valence-corrected chi connectivity index (χ0v) is 17.2. The number of aliphatic carboxylic acids is 1. The summed E-state index contributed by atoms with van der Waals surface area (Å²) in [5.74, 6) is -1.15. The van der Waals surface area contributed by atoms with Gasteiger partial charge in [-0.1, -0.05) is 13.8 Å². The van der Waals surface area contributed by atoms with Crippen molar-refractivity contribution in [2.75, 3.05) is 11.5 Å². The summed E-state index contributed by atoms with van der Waals surface area (Å²) in [6, 6.07) is 1.77. The van der Waals surface area contributed by atoms with Crippen molar-refractivity contribution < 1.29 is 28.2 Å². The lowest BCUT2D eigenvalue weighted by Crippen LogP contribution is -2.58. The Bertz CT molecular complexity index is 776. The van der Waals surface area contributed by atoms with Crippen molar-refractivity contribution in [3.05, 3.63) is 24.0 Å². The van der Waals surface area contributed by atoms with Crippen LogP contribution in [-0.2, 0) is 21.1 Å². The Morgan fingerprint density at radius 1 is 1.39 bits per heavy atom. The van der Waals surface area contributed by atoms with E-state index in [0.717, 1.165) is 25.7 Å². The molecular weight excluding hydrogens is 384 g/mol. The lowest BCUT2D eigenvalue weighted by Gasteiger charge is -2.30. The van der Waals surface area contributed by atoms with Gasteiger partial charge in [-0.25, -0.2) is 13.2 Å². The number of carboxylic acid groups (broad SMARTS) is 1. The van der Waals surface area contributed by atoms with E-state index in [1.165, 1.54) is 13.1 Å². The molecule has 4 N–H and O–H groups in total. The first-order valence-corrected chi connectivity index (χ1v) is 11.4. The topological polar surface area (TPSA) is 140 Å². The summed E-state index contributed by atoms with van der Waals surface area (Å²) >= 11 is 0. The average Bonchev–Trinajstić information content (AvgIpc) is 2.63. The molecule has 0 bridgehead atoms. The predicted octanol–water partition coefficient (Wildman–Crippen LogP) is 1.16. The molecule has 28 heavy (non-hydrogen) atoms. The molecular formula is C19H30N2O6S. The molecule has 1 fully saturated rings. The Morgan fingerprint density at radius 3 is 2.61 bits per heavy atom. The van der Waals surface area contributed by atoms with E-state index in [9.17, 15) is 23.4 Å². The Labute approximate surface area is 166 Å². The minimum atomic E-state index is -3.55. The van der Waals surface area contributed by atoms with Crippen LogP contribution in [0.5, 0.6) is 5.75 Å². The average molecular weight is 415 g/mol. The molecule has 1 aliphatic carbocycles. The summed E-state index contributed by atoms with van der Waals surface area (Å²) in [7, 11) is -3.55. The molecule has 1 aliphatic rings. The number of aromatic nitrogens is 1. The van der Waals surface area contributed by atoms with Gasteiger partial charge < -0.3 is 20.7 Å². The van der Waals surface area contributed by atoms with Crippen molar-refractivity contribution in [1.29, 1.82) is 0 Å². The quantitative estimate of drug-likeness (QED) is 0.547. The number of sulfone groups is 1. The highest BCUT2D eigenvalue weighted by Gasteiger charge is 2.44. The van der Waals surface area contributed by atoms with E-state index in [2.05, 4.69) is 11.9 Å². The van der Waals surface area contributed by atoms with Gasteiger partial charge >= 0.3 is 5.97 Å². The molecule has 0 amide bonds. The van der Waals surface area contributed by atoms with E-state index in [4.69, 9.17) is 10.5 Å². The van der Waals surface area contributed by atoms with Crippen LogP contribution < -0.4 is 10.5 Å². The number of pyridine rings is 1. The normalized spacial score (nSPS) is 23.6. The first kappa shape index (κ1) is 22.6. The van der Waals surface area contributed by atoms with E-state index in [1.807, 2.05) is 0 Å². The number of ether oxygens (including phenoxy) is 1. The third-order valence-electron chi connectivity index (χ3n) is 5.36. The van der Waals surface area contributed by atoms with Crippen LogP contribution in [0, 0.1) is 5.92 Å². The van der Waals surface area contributed by atoms with Gasteiger partial charge in [-0.2, -0.15) is 0 Å². The molecule has 1 aromatic heterocycles. The van der Waals surface area contributed by atoms with Crippen molar-refractivity contribution >= 4 is 15.8 Å². The Kier molecular flexibility index (Phi) is 7.41. The molecule has 8 nitrogen and oxygen atoms in total. The number of rotatable bonds is 9. The smallest absolute Gasteiger partial charge is 0.337 e. The highest BCUT2D eigenvalue weighted by Crippen LogP contribution is 2.28. The molecule has 0 unspecified atom stereocenters. The van der Waals surface area contributed by atoms with E-state index >= 15 is 0 Å². The fourth-order valence-electron chi connectivity index (χ4n) is 3.34.